The van der Waals surface area contributed by atoms with E-state index in [1.807, 2.05) is 6.92 Å². The number of rotatable bonds is 7. The molecule has 2 rings (SSSR count). The number of benzene rings is 2. The van der Waals surface area contributed by atoms with Gasteiger partial charge in [0.2, 0.25) is 5.91 Å². The Morgan fingerprint density at radius 3 is 2.18 bits per heavy atom. The van der Waals surface area contributed by atoms with Gasteiger partial charge in [-0.3, -0.25) is 9.59 Å². The number of hydrogen-bond donors (Lipinski definition) is 2. The van der Waals surface area contributed by atoms with Crippen LogP contribution in [0.15, 0.2) is 60.7 Å². The van der Waals surface area contributed by atoms with E-state index in [1.54, 1.807) is 37.3 Å². The third kappa shape index (κ3) is 6.28. The second kappa shape index (κ2) is 10.5. The minimum atomic E-state index is -0.804. The van der Waals surface area contributed by atoms with E-state index in [0.29, 0.717) is 16.9 Å². The molecule has 0 aliphatic carbocycles. The van der Waals surface area contributed by atoms with Crippen molar-refractivity contribution in [1.82, 2.24) is 0 Å². The number of carbonyl (C=O) groups is 3. The van der Waals surface area contributed by atoms with E-state index >= 15 is 0 Å². The van der Waals surface area contributed by atoms with Crippen LogP contribution in [0, 0.1) is 0 Å². The first-order chi connectivity index (χ1) is 13.5. The van der Waals surface area contributed by atoms with E-state index in [4.69, 9.17) is 9.47 Å². The van der Waals surface area contributed by atoms with Gasteiger partial charge in [-0.2, -0.15) is 0 Å². The van der Waals surface area contributed by atoms with Gasteiger partial charge in [-0.1, -0.05) is 25.1 Å². The van der Waals surface area contributed by atoms with Gasteiger partial charge in [0, 0.05) is 5.56 Å². The van der Waals surface area contributed by atoms with Crippen LogP contribution in [0.1, 0.15) is 30.6 Å². The molecule has 0 bridgehead atoms. The number of allylic oxidation sites excluding steroid dienone is 1. The van der Waals surface area contributed by atoms with Crippen LogP contribution in [0.5, 0.6) is 5.75 Å². The third-order valence-corrected chi connectivity index (χ3v) is 3.52. The summed E-state index contributed by atoms with van der Waals surface area (Å²) < 4.78 is 9.65. The number of nitrogens with one attached hydrogen (secondary N) is 2. The molecule has 0 saturated heterocycles. The smallest absolute Gasteiger partial charge is 0.434 e. The van der Waals surface area contributed by atoms with Crippen molar-refractivity contribution in [3.05, 3.63) is 66.2 Å². The molecule has 0 saturated carbocycles. The number of carbonyl (C=O) groups excluding carboxylic acids is 3. The molecule has 0 aromatic heterocycles. The average molecular weight is 382 g/mol. The third-order valence-electron chi connectivity index (χ3n) is 3.52. The molecule has 2 aromatic carbocycles. The first kappa shape index (κ1) is 20.7. The summed E-state index contributed by atoms with van der Waals surface area (Å²) in [5.41, 5.74) is 1.32. The van der Waals surface area contributed by atoms with Crippen LogP contribution < -0.4 is 15.4 Å². The topological polar surface area (TPSA) is 93.7 Å². The lowest BCUT2D eigenvalue weighted by atomic mass is 10.2. The van der Waals surface area contributed by atoms with Crippen LogP contribution >= 0.6 is 0 Å². The molecule has 0 spiro atoms. The fraction of sp³-hybridized carbons (Fsp3) is 0.190. The Bertz CT molecular complexity index is 859. The van der Waals surface area contributed by atoms with Crippen molar-refractivity contribution in [2.75, 3.05) is 17.2 Å². The maximum absolute atomic E-state index is 12.5. The SMILES string of the molecule is CC/C=C/C(=O)Nc1ccccc1NC(=O)c1ccc(OC(=O)OCC)cc1. The maximum Gasteiger partial charge on any atom is 0.513 e. The highest BCUT2D eigenvalue weighted by Gasteiger charge is 2.11. The molecular weight excluding hydrogens is 360 g/mol. The Morgan fingerprint density at radius 1 is 0.929 bits per heavy atom. The van der Waals surface area contributed by atoms with Crippen molar-refractivity contribution in [2.24, 2.45) is 0 Å². The number of ether oxygens (including phenoxy) is 2. The van der Waals surface area contributed by atoms with Crippen molar-refractivity contribution in [3.63, 3.8) is 0 Å². The van der Waals surface area contributed by atoms with E-state index in [-0.39, 0.29) is 24.2 Å². The van der Waals surface area contributed by atoms with Crippen LogP contribution in [0.25, 0.3) is 0 Å². The summed E-state index contributed by atoms with van der Waals surface area (Å²) in [6.45, 7) is 3.82. The minimum Gasteiger partial charge on any atom is -0.434 e. The van der Waals surface area contributed by atoms with Gasteiger partial charge in [0.1, 0.15) is 5.75 Å². The Morgan fingerprint density at radius 2 is 1.57 bits per heavy atom. The zero-order chi connectivity index (χ0) is 20.4. The van der Waals surface area contributed by atoms with Crippen LogP contribution in [-0.2, 0) is 9.53 Å². The predicted octanol–water partition coefficient (Wildman–Crippen LogP) is 4.38. The largest absolute Gasteiger partial charge is 0.513 e. The zero-order valence-electron chi connectivity index (χ0n) is 15.7. The highest BCUT2D eigenvalue weighted by Crippen LogP contribution is 2.22. The fourth-order valence-electron chi connectivity index (χ4n) is 2.21. The highest BCUT2D eigenvalue weighted by atomic mass is 16.7. The van der Waals surface area contributed by atoms with E-state index in [2.05, 4.69) is 10.6 Å². The van der Waals surface area contributed by atoms with Crippen LogP contribution in [0.4, 0.5) is 16.2 Å². The monoisotopic (exact) mass is 382 g/mol. The molecule has 2 amide bonds. The van der Waals surface area contributed by atoms with Crippen molar-refractivity contribution in [1.29, 1.82) is 0 Å². The molecule has 28 heavy (non-hydrogen) atoms. The summed E-state index contributed by atoms with van der Waals surface area (Å²) in [6, 6.07) is 12.9. The first-order valence-corrected chi connectivity index (χ1v) is 8.86. The van der Waals surface area contributed by atoms with Crippen LogP contribution in [-0.4, -0.2) is 24.6 Å². The van der Waals surface area contributed by atoms with Gasteiger partial charge in [0.05, 0.1) is 18.0 Å². The number of anilines is 2. The molecule has 0 fully saturated rings. The molecule has 146 valence electrons. The minimum absolute atomic E-state index is 0.212. The first-order valence-electron chi connectivity index (χ1n) is 8.86. The van der Waals surface area contributed by atoms with Crippen LogP contribution in [0.3, 0.4) is 0 Å². The molecule has 0 aliphatic rings. The fourth-order valence-corrected chi connectivity index (χ4v) is 2.21. The lowest BCUT2D eigenvalue weighted by molar-refractivity contribution is -0.111. The normalized spacial score (nSPS) is 10.4. The summed E-state index contributed by atoms with van der Waals surface area (Å²) in [6.07, 6.45) is 3.14. The van der Waals surface area contributed by atoms with E-state index in [1.165, 1.54) is 30.3 Å². The maximum atomic E-state index is 12.5. The van der Waals surface area contributed by atoms with Gasteiger partial charge in [-0.25, -0.2) is 4.79 Å². The molecule has 0 radical (unpaired) electrons. The van der Waals surface area contributed by atoms with Gasteiger partial charge in [-0.15, -0.1) is 0 Å². The average Bonchev–Trinajstić information content (AvgIpc) is 2.68. The van der Waals surface area contributed by atoms with Crippen molar-refractivity contribution >= 4 is 29.3 Å². The Hall–Kier alpha value is -3.61. The molecule has 7 heteroatoms. The Labute approximate surface area is 163 Å². The van der Waals surface area contributed by atoms with Crippen LogP contribution in [0.2, 0.25) is 0 Å². The number of amides is 2. The van der Waals surface area contributed by atoms with Gasteiger partial charge < -0.3 is 20.1 Å². The molecule has 2 N–H and O–H groups in total. The van der Waals surface area contributed by atoms with Crippen molar-refractivity contribution in [2.45, 2.75) is 20.3 Å². The van der Waals surface area contributed by atoms with E-state index in [0.717, 1.165) is 6.42 Å². The highest BCUT2D eigenvalue weighted by molar-refractivity contribution is 6.08. The molecule has 0 atom stereocenters. The Kier molecular flexibility index (Phi) is 7.77. The van der Waals surface area contributed by atoms with E-state index in [9.17, 15) is 14.4 Å². The summed E-state index contributed by atoms with van der Waals surface area (Å²) in [7, 11) is 0. The summed E-state index contributed by atoms with van der Waals surface area (Å²) >= 11 is 0. The number of para-hydroxylation sites is 2. The second-order valence-corrected chi connectivity index (χ2v) is 5.61. The summed E-state index contributed by atoms with van der Waals surface area (Å²) in [4.78, 5) is 35.7. The predicted molar refractivity (Wildman–Crippen MR) is 107 cm³/mol. The zero-order valence-corrected chi connectivity index (χ0v) is 15.7. The lowest BCUT2D eigenvalue weighted by Gasteiger charge is -2.11. The molecule has 0 aliphatic heterocycles. The lowest BCUT2D eigenvalue weighted by Crippen LogP contribution is -2.15. The summed E-state index contributed by atoms with van der Waals surface area (Å²) in [5, 5.41) is 5.49. The molecule has 7 nitrogen and oxygen atoms in total. The quantitative estimate of drug-likeness (QED) is 0.421. The van der Waals surface area contributed by atoms with Gasteiger partial charge >= 0.3 is 6.16 Å². The molecule has 0 heterocycles. The van der Waals surface area contributed by atoms with E-state index < -0.39 is 6.16 Å². The van der Waals surface area contributed by atoms with Crippen molar-refractivity contribution < 1.29 is 23.9 Å². The van der Waals surface area contributed by atoms with Gasteiger partial charge in [-0.05, 0) is 55.8 Å². The van der Waals surface area contributed by atoms with Gasteiger partial charge in [0.15, 0.2) is 0 Å². The summed E-state index contributed by atoms with van der Waals surface area (Å²) in [5.74, 6) is -0.372. The molecular formula is C21H22N2O5. The van der Waals surface area contributed by atoms with Crippen molar-refractivity contribution in [3.8, 4) is 5.75 Å². The molecule has 2 aromatic rings. The second-order valence-electron chi connectivity index (χ2n) is 5.61. The molecule has 0 unspecified atom stereocenters. The number of hydrogen-bond acceptors (Lipinski definition) is 5. The Balaban J connectivity index is 2.05. The standard InChI is InChI=1S/C21H22N2O5/c1-3-5-10-19(24)22-17-8-6-7-9-18(17)23-20(25)15-11-13-16(14-12-15)28-21(26)27-4-2/h5-14H,3-4H2,1-2H3,(H,22,24)(H,23,25)/b10-5+. The van der Waals surface area contributed by atoms with Gasteiger partial charge in [0.25, 0.3) is 5.91 Å².